The van der Waals surface area contributed by atoms with Crippen LogP contribution in [-0.4, -0.2) is 17.1 Å². The van der Waals surface area contributed by atoms with E-state index >= 15 is 0 Å². The first kappa shape index (κ1) is 9.88. The van der Waals surface area contributed by atoms with E-state index in [2.05, 4.69) is 27.1 Å². The van der Waals surface area contributed by atoms with Crippen LogP contribution >= 0.6 is 22.0 Å². The van der Waals surface area contributed by atoms with E-state index in [-0.39, 0.29) is 6.42 Å². The van der Waals surface area contributed by atoms with E-state index in [1.807, 2.05) is 0 Å². The number of hydrogen-bond donors (Lipinski definition) is 3. The first-order valence-corrected chi connectivity index (χ1v) is 3.57. The summed E-state index contributed by atoms with van der Waals surface area (Å²) in [6, 6.07) is -0.592. The fraction of sp³-hybridized carbons (Fsp3) is 0.500. The number of carbonyl (C=O) groups excluding carboxylic acids is 2. The highest BCUT2D eigenvalue weighted by Gasteiger charge is 2.14. The van der Waals surface area contributed by atoms with E-state index in [0.717, 1.165) is 0 Å². The Kier molecular flexibility index (Phi) is 4.60. The van der Waals surface area contributed by atoms with Crippen LogP contribution in [0, 0.1) is 0 Å². The molecule has 4 nitrogen and oxygen atoms in total. The van der Waals surface area contributed by atoms with Crippen LogP contribution in [0.3, 0.4) is 0 Å². The highest BCUT2D eigenvalue weighted by Crippen LogP contribution is 1.97. The molecule has 58 valence electrons. The summed E-state index contributed by atoms with van der Waals surface area (Å²) in [5.74, 6) is -0.526. The normalized spacial score (nSPS) is 12.6. The van der Waals surface area contributed by atoms with Gasteiger partial charge in [0.05, 0.1) is 6.04 Å². The molecule has 0 aliphatic carbocycles. The van der Waals surface area contributed by atoms with Crippen LogP contribution in [0.5, 0.6) is 0 Å². The van der Waals surface area contributed by atoms with Crippen LogP contribution in [0.1, 0.15) is 6.42 Å². The van der Waals surface area contributed by atoms with Gasteiger partial charge >= 0.3 is 0 Å². The zero-order valence-electron chi connectivity index (χ0n) is 5.20. The van der Waals surface area contributed by atoms with E-state index in [1.54, 1.807) is 0 Å². The molecule has 2 atom stereocenters. The number of nitrogens with two attached hydrogens (primary N) is 1. The number of carbonyl (C=O) groups is 2. The second-order valence-electron chi connectivity index (χ2n) is 1.73. The van der Waals surface area contributed by atoms with Crippen molar-refractivity contribution >= 4 is 33.0 Å². The van der Waals surface area contributed by atoms with Crippen molar-refractivity contribution in [1.29, 1.82) is 0 Å². The minimum atomic E-state index is -0.592. The average Bonchev–Trinajstić information content (AvgIpc) is 1.81. The monoisotopic (exact) mass is 180 g/mol. The molecule has 0 aliphatic heterocycles. The van der Waals surface area contributed by atoms with Crippen LogP contribution in [0.2, 0.25) is 0 Å². The van der Waals surface area contributed by atoms with Crippen molar-refractivity contribution in [2.24, 2.45) is 5.73 Å². The molecule has 0 saturated carbocycles. The summed E-state index contributed by atoms with van der Waals surface area (Å²) in [7, 11) is 2.13. The quantitative estimate of drug-likeness (QED) is 0.386. The first-order chi connectivity index (χ1) is 4.57. The summed E-state index contributed by atoms with van der Waals surface area (Å²) in [5, 5.41) is 2.13. The zero-order chi connectivity index (χ0) is 8.15. The van der Waals surface area contributed by atoms with E-state index in [9.17, 15) is 9.59 Å². The van der Waals surface area contributed by atoms with Gasteiger partial charge < -0.3 is 5.73 Å². The van der Waals surface area contributed by atoms with E-state index in [1.165, 1.54) is 0 Å². The van der Waals surface area contributed by atoms with Crippen LogP contribution in [0.4, 0.5) is 0 Å². The van der Waals surface area contributed by atoms with E-state index in [0.29, 0.717) is 0 Å². The Labute approximate surface area is 66.6 Å². The van der Waals surface area contributed by atoms with Crippen LogP contribution in [0.15, 0.2) is 0 Å². The summed E-state index contributed by atoms with van der Waals surface area (Å²) in [5.41, 5.74) is 4.83. The molecule has 3 N–H and O–H groups in total. The lowest BCUT2D eigenvalue weighted by Gasteiger charge is -2.07. The molecule has 0 aliphatic rings. The van der Waals surface area contributed by atoms with Gasteiger partial charge in [0.15, 0.2) is 0 Å². The molecule has 0 fully saturated rings. The summed E-state index contributed by atoms with van der Waals surface area (Å²) >= 11 is 3.53. The Morgan fingerprint density at radius 1 is 1.70 bits per heavy atom. The fourth-order valence-corrected chi connectivity index (χ4v) is 0.994. The molecule has 0 bridgehead atoms. The third-order valence-corrected chi connectivity index (χ3v) is 1.62. The highest BCUT2D eigenvalue weighted by atomic mass is 32.1. The van der Waals surface area contributed by atoms with Crippen molar-refractivity contribution in [1.82, 2.24) is 5.09 Å². The van der Waals surface area contributed by atoms with Gasteiger partial charge in [0.1, 0.15) is 0 Å². The second kappa shape index (κ2) is 4.66. The van der Waals surface area contributed by atoms with E-state index in [4.69, 9.17) is 5.73 Å². The standard InChI is InChI=1S/C4H9N2O2PS/c5-3(7)1-2(6-9)4(8)10/h2,6H,1,9H2,(H2,5,7)(H,8,10)/t2-/m0/s1. The van der Waals surface area contributed by atoms with Crippen LogP contribution in [-0.2, 0) is 9.59 Å². The Morgan fingerprint density at radius 2 is 2.20 bits per heavy atom. The second-order valence-corrected chi connectivity index (χ2v) is 2.50. The van der Waals surface area contributed by atoms with Crippen molar-refractivity contribution in [3.63, 3.8) is 0 Å². The van der Waals surface area contributed by atoms with Gasteiger partial charge in [-0.15, -0.1) is 12.6 Å². The summed E-state index contributed by atoms with van der Waals surface area (Å²) in [6.07, 6.45) is -0.0220. The molecule has 0 aromatic carbocycles. The number of thiol groups is 1. The van der Waals surface area contributed by atoms with Crippen molar-refractivity contribution in [3.8, 4) is 0 Å². The van der Waals surface area contributed by atoms with Crippen molar-refractivity contribution < 1.29 is 9.59 Å². The highest BCUT2D eigenvalue weighted by molar-refractivity contribution is 7.96. The predicted molar refractivity (Wildman–Crippen MR) is 44.4 cm³/mol. The molecular weight excluding hydrogens is 171 g/mol. The maximum atomic E-state index is 10.5. The van der Waals surface area contributed by atoms with Crippen LogP contribution in [0.25, 0.3) is 0 Å². The Hall–Kier alpha value is -0.120. The Bertz CT molecular complexity index is 152. The average molecular weight is 180 g/mol. The molecule has 6 heteroatoms. The molecule has 0 saturated heterocycles. The smallest absolute Gasteiger partial charge is 0.219 e. The van der Waals surface area contributed by atoms with Crippen molar-refractivity contribution in [3.05, 3.63) is 0 Å². The lowest BCUT2D eigenvalue weighted by Crippen LogP contribution is -2.32. The molecule has 0 aromatic heterocycles. The molecule has 0 radical (unpaired) electrons. The van der Waals surface area contributed by atoms with E-state index < -0.39 is 17.1 Å². The lowest BCUT2D eigenvalue weighted by molar-refractivity contribution is -0.121. The van der Waals surface area contributed by atoms with Gasteiger partial charge in [-0.25, -0.2) is 0 Å². The van der Waals surface area contributed by atoms with Crippen LogP contribution < -0.4 is 10.8 Å². The molecule has 1 unspecified atom stereocenters. The number of primary amides is 1. The number of nitrogens with one attached hydrogen (secondary N) is 1. The Balaban J connectivity index is 3.83. The summed E-state index contributed by atoms with van der Waals surface area (Å²) in [6.45, 7) is 0. The maximum Gasteiger partial charge on any atom is 0.219 e. The predicted octanol–water partition coefficient (Wildman–Crippen LogP) is -0.934. The van der Waals surface area contributed by atoms with Gasteiger partial charge in [-0.2, -0.15) is 0 Å². The molecule has 0 spiro atoms. The van der Waals surface area contributed by atoms with Gasteiger partial charge in [-0.1, -0.05) is 9.39 Å². The molecule has 0 rings (SSSR count). The number of amides is 1. The third kappa shape index (κ3) is 3.82. The van der Waals surface area contributed by atoms with Crippen molar-refractivity contribution in [2.75, 3.05) is 0 Å². The molecule has 0 aromatic rings. The first-order valence-electron chi connectivity index (χ1n) is 2.55. The summed E-state index contributed by atoms with van der Waals surface area (Å²) < 4.78 is 0. The fourth-order valence-electron chi connectivity index (χ4n) is 0.419. The van der Waals surface area contributed by atoms with Gasteiger partial charge in [0.2, 0.25) is 11.0 Å². The lowest BCUT2D eigenvalue weighted by atomic mass is 10.2. The molecular formula is C4H9N2O2PS. The number of rotatable bonds is 4. The SMILES string of the molecule is NC(=O)C[C@H](NP)C(=O)S. The molecule has 1 amide bonds. The molecule has 10 heavy (non-hydrogen) atoms. The van der Waals surface area contributed by atoms with Gasteiger partial charge in [-0.05, 0) is 0 Å². The minimum absolute atomic E-state index is 0.0220. The minimum Gasteiger partial charge on any atom is -0.370 e. The van der Waals surface area contributed by atoms with Gasteiger partial charge in [0, 0.05) is 6.42 Å². The van der Waals surface area contributed by atoms with Gasteiger partial charge in [0.25, 0.3) is 0 Å². The van der Waals surface area contributed by atoms with Gasteiger partial charge in [-0.3, -0.25) is 14.7 Å². The topological polar surface area (TPSA) is 72.2 Å². The zero-order valence-corrected chi connectivity index (χ0v) is 7.25. The van der Waals surface area contributed by atoms with Crippen molar-refractivity contribution in [2.45, 2.75) is 12.5 Å². The molecule has 0 heterocycles. The third-order valence-electron chi connectivity index (χ3n) is 0.905. The number of hydrogen-bond acceptors (Lipinski definition) is 3. The largest absolute Gasteiger partial charge is 0.370 e. The summed E-state index contributed by atoms with van der Waals surface area (Å²) in [4.78, 5) is 20.8. The maximum absolute atomic E-state index is 10.5. The Morgan fingerprint density at radius 3 is 2.30 bits per heavy atom.